The lowest BCUT2D eigenvalue weighted by atomic mass is 9.92. The highest BCUT2D eigenvalue weighted by atomic mass is 79.9. The van der Waals surface area contributed by atoms with Crippen molar-refractivity contribution >= 4 is 39.1 Å². The van der Waals surface area contributed by atoms with Crippen molar-refractivity contribution < 1.29 is 62.3 Å². The molecule has 1 aliphatic rings. The van der Waals surface area contributed by atoms with E-state index in [2.05, 4.69) is 20.9 Å². The van der Waals surface area contributed by atoms with Gasteiger partial charge >= 0.3 is 24.2 Å². The van der Waals surface area contributed by atoms with E-state index >= 15 is 4.39 Å². The number of amides is 2. The second-order valence-electron chi connectivity index (χ2n) is 9.85. The van der Waals surface area contributed by atoms with Crippen LogP contribution in [-0.4, -0.2) is 35.7 Å². The Bertz CT molecular complexity index is 1600. The van der Waals surface area contributed by atoms with Crippen LogP contribution < -0.4 is 10.2 Å². The summed E-state index contributed by atoms with van der Waals surface area (Å²) in [5.41, 5.74) is -14.2. The largest absolute Gasteiger partial charge is 0.435 e. The number of alkyl halides is 10. The number of carbonyl (C=O) groups excluding carboxylic acids is 2. The molecule has 0 radical (unpaired) electrons. The van der Waals surface area contributed by atoms with E-state index in [0.29, 0.717) is 12.8 Å². The molecule has 45 heavy (non-hydrogen) atoms. The van der Waals surface area contributed by atoms with E-state index < -0.39 is 86.4 Å². The molecule has 5 nitrogen and oxygen atoms in total. The lowest BCUT2D eigenvalue weighted by Crippen LogP contribution is -2.50. The molecule has 0 aliphatic heterocycles. The monoisotopic (exact) mass is 721 g/mol. The van der Waals surface area contributed by atoms with Gasteiger partial charge in [0, 0.05) is 22.8 Å². The van der Waals surface area contributed by atoms with Crippen LogP contribution in [-0.2, 0) is 11.8 Å². The van der Waals surface area contributed by atoms with Gasteiger partial charge < -0.3 is 10.2 Å². The fraction of sp³-hybridized carbons (Fsp3) is 0.296. The fourth-order valence-electron chi connectivity index (χ4n) is 4.24. The highest BCUT2D eigenvalue weighted by Crippen LogP contribution is 2.55. The molecule has 0 saturated heterocycles. The maximum Gasteiger partial charge on any atom is 0.435 e. The number of halogens is 13. The number of hydrogen-bond acceptors (Lipinski definition) is 3. The minimum Gasteiger partial charge on any atom is -0.320 e. The van der Waals surface area contributed by atoms with Crippen LogP contribution >= 0.6 is 15.9 Å². The standard InChI is InChI=1S/C27H16BrF12N3O2/c28-17-9-14(24(31,26(35,36)37)27(38,39)40)8-16(25(32,33)34)21(17)42-22(44)15-2-1-3-18(20(15)30)43(11-12-4-5-12)23(45)13-6-7-19(29)41-10-13/h1-3,6-10,12H,4-5,11H2,(H,42,44). The molecule has 4 rings (SSSR count). The molecule has 242 valence electrons. The normalized spacial score (nSPS) is 14.3. The number of nitrogens with one attached hydrogen (secondary N) is 1. The number of benzene rings is 2. The third-order valence-corrected chi connectivity index (χ3v) is 7.31. The molecule has 2 amide bonds. The zero-order valence-corrected chi connectivity index (χ0v) is 23.5. The number of nitrogens with zero attached hydrogens (tertiary/aromatic N) is 2. The number of hydrogen-bond donors (Lipinski definition) is 1. The second kappa shape index (κ2) is 11.8. The highest BCUT2D eigenvalue weighted by Gasteiger charge is 2.73. The summed E-state index contributed by atoms with van der Waals surface area (Å²) >= 11 is 2.36. The molecule has 0 spiro atoms. The Morgan fingerprint density at radius 3 is 2.04 bits per heavy atom. The van der Waals surface area contributed by atoms with Crippen LogP contribution in [0.4, 0.5) is 64.1 Å². The van der Waals surface area contributed by atoms with Crippen molar-refractivity contribution in [3.63, 3.8) is 0 Å². The van der Waals surface area contributed by atoms with E-state index in [1.54, 1.807) is 5.32 Å². The van der Waals surface area contributed by atoms with E-state index in [-0.39, 0.29) is 24.1 Å². The first kappa shape index (κ1) is 34.1. The predicted octanol–water partition coefficient (Wildman–Crippen LogP) is 8.74. The number of rotatable bonds is 7. The average Bonchev–Trinajstić information content (AvgIpc) is 3.75. The summed E-state index contributed by atoms with van der Waals surface area (Å²) in [5, 5.41) is 1.60. The van der Waals surface area contributed by atoms with Crippen LogP contribution in [0.5, 0.6) is 0 Å². The summed E-state index contributed by atoms with van der Waals surface area (Å²) in [5.74, 6) is -4.96. The Kier molecular flexibility index (Phi) is 8.95. The van der Waals surface area contributed by atoms with Crippen molar-refractivity contribution in [3.05, 3.63) is 87.2 Å². The highest BCUT2D eigenvalue weighted by molar-refractivity contribution is 9.10. The Labute approximate surface area is 253 Å². The third-order valence-electron chi connectivity index (χ3n) is 6.68. The van der Waals surface area contributed by atoms with Crippen molar-refractivity contribution in [2.45, 2.75) is 37.0 Å². The SMILES string of the molecule is O=C(Nc1c(Br)cc(C(F)(C(F)(F)F)C(F)(F)F)cc1C(F)(F)F)c1cccc(N(CC2CC2)C(=O)c2ccc(F)nc2)c1F. The molecule has 1 aromatic heterocycles. The van der Waals surface area contributed by atoms with Gasteiger partial charge in [-0.1, -0.05) is 6.07 Å². The summed E-state index contributed by atoms with van der Waals surface area (Å²) in [6, 6.07) is 3.80. The second-order valence-corrected chi connectivity index (χ2v) is 10.7. The van der Waals surface area contributed by atoms with Gasteiger partial charge in [-0.05, 0) is 71.1 Å². The van der Waals surface area contributed by atoms with E-state index in [1.807, 2.05) is 0 Å². The molecule has 1 N–H and O–H groups in total. The third kappa shape index (κ3) is 6.74. The predicted molar refractivity (Wildman–Crippen MR) is 137 cm³/mol. The van der Waals surface area contributed by atoms with Gasteiger partial charge in [-0.15, -0.1) is 0 Å². The molecule has 18 heteroatoms. The van der Waals surface area contributed by atoms with Gasteiger partial charge in [0.25, 0.3) is 11.8 Å². The van der Waals surface area contributed by atoms with Crippen LogP contribution in [0.25, 0.3) is 0 Å². The van der Waals surface area contributed by atoms with Gasteiger partial charge in [0.05, 0.1) is 28.1 Å². The Hall–Kier alpha value is -3.83. The summed E-state index contributed by atoms with van der Waals surface area (Å²) in [4.78, 5) is 30.5. The molecule has 2 aromatic carbocycles. The maximum absolute atomic E-state index is 15.7. The molecule has 0 atom stereocenters. The first-order valence-electron chi connectivity index (χ1n) is 12.4. The maximum atomic E-state index is 15.7. The first-order valence-corrected chi connectivity index (χ1v) is 13.2. The summed E-state index contributed by atoms with van der Waals surface area (Å²) < 4.78 is 163. The first-order chi connectivity index (χ1) is 20.7. The van der Waals surface area contributed by atoms with Gasteiger partial charge in [-0.3, -0.25) is 9.59 Å². The van der Waals surface area contributed by atoms with Crippen LogP contribution in [0.1, 0.15) is 44.7 Å². The number of anilines is 2. The Morgan fingerprint density at radius 1 is 0.911 bits per heavy atom. The van der Waals surface area contributed by atoms with Crippen molar-refractivity contribution in [2.24, 2.45) is 5.92 Å². The summed E-state index contributed by atoms with van der Waals surface area (Å²) in [6.07, 6.45) is -17.1. The minimum absolute atomic E-state index is 0.0766. The number of aromatic nitrogens is 1. The molecule has 1 saturated carbocycles. The van der Waals surface area contributed by atoms with Crippen molar-refractivity contribution in [3.8, 4) is 0 Å². The van der Waals surface area contributed by atoms with Crippen LogP contribution in [0.3, 0.4) is 0 Å². The van der Waals surface area contributed by atoms with Crippen LogP contribution in [0.15, 0.2) is 53.1 Å². The van der Waals surface area contributed by atoms with E-state index in [4.69, 9.17) is 0 Å². The zero-order chi connectivity index (χ0) is 33.7. The number of pyridine rings is 1. The van der Waals surface area contributed by atoms with E-state index in [1.165, 1.54) is 0 Å². The topological polar surface area (TPSA) is 62.3 Å². The number of carbonyl (C=O) groups is 2. The van der Waals surface area contributed by atoms with Crippen molar-refractivity contribution in [2.75, 3.05) is 16.8 Å². The molecule has 1 aliphatic carbocycles. The molecular weight excluding hydrogens is 706 g/mol. The fourth-order valence-corrected chi connectivity index (χ4v) is 4.80. The van der Waals surface area contributed by atoms with E-state index in [0.717, 1.165) is 41.4 Å². The quantitative estimate of drug-likeness (QED) is 0.196. The van der Waals surface area contributed by atoms with Crippen molar-refractivity contribution in [1.29, 1.82) is 0 Å². The lowest BCUT2D eigenvalue weighted by molar-refractivity contribution is -0.348. The molecule has 1 fully saturated rings. The molecule has 3 aromatic rings. The minimum atomic E-state index is -6.74. The average molecular weight is 722 g/mol. The molecule has 1 heterocycles. The molecular formula is C27H16BrF12N3O2. The van der Waals surface area contributed by atoms with E-state index in [9.17, 15) is 57.9 Å². The van der Waals surface area contributed by atoms with Crippen LogP contribution in [0, 0.1) is 17.7 Å². The molecule has 0 bridgehead atoms. The zero-order valence-electron chi connectivity index (χ0n) is 21.9. The Morgan fingerprint density at radius 2 is 1.53 bits per heavy atom. The molecule has 0 unspecified atom stereocenters. The summed E-state index contributed by atoms with van der Waals surface area (Å²) in [7, 11) is 0. The van der Waals surface area contributed by atoms with Gasteiger partial charge in [-0.25, -0.2) is 13.8 Å². The van der Waals surface area contributed by atoms with Gasteiger partial charge in [-0.2, -0.15) is 43.9 Å². The lowest BCUT2D eigenvalue weighted by Gasteiger charge is -2.31. The van der Waals surface area contributed by atoms with Crippen LogP contribution in [0.2, 0.25) is 0 Å². The summed E-state index contributed by atoms with van der Waals surface area (Å²) in [6.45, 7) is -0.0766. The van der Waals surface area contributed by atoms with Gasteiger partial charge in [0.2, 0.25) is 5.95 Å². The Balaban J connectivity index is 1.76. The van der Waals surface area contributed by atoms with Gasteiger partial charge in [0.1, 0.15) is 0 Å². The smallest absolute Gasteiger partial charge is 0.320 e. The van der Waals surface area contributed by atoms with Gasteiger partial charge in [0.15, 0.2) is 5.82 Å². The van der Waals surface area contributed by atoms with Crippen molar-refractivity contribution in [1.82, 2.24) is 4.98 Å².